The lowest BCUT2D eigenvalue weighted by atomic mass is 10.2. The summed E-state index contributed by atoms with van der Waals surface area (Å²) >= 11 is 1.18. The molecule has 9 nitrogen and oxygen atoms in total. The third-order valence-electron chi connectivity index (χ3n) is 6.02. The Morgan fingerprint density at radius 2 is 1.94 bits per heavy atom. The molecule has 33 heavy (non-hydrogen) atoms. The fourth-order valence-electron chi connectivity index (χ4n) is 4.24. The molecular weight excluding hydrogens is 464 g/mol. The number of carbonyl (C=O) groups is 1. The number of hydrogen-bond acceptors (Lipinski definition) is 8. The Kier molecular flexibility index (Phi) is 6.02. The number of thioether (sulfide) groups is 1. The number of anilines is 1. The van der Waals surface area contributed by atoms with Gasteiger partial charge in [-0.1, -0.05) is 18.2 Å². The Bertz CT molecular complexity index is 1280. The number of aromatic nitrogens is 2. The Morgan fingerprint density at radius 1 is 1.12 bits per heavy atom. The zero-order valence-electron chi connectivity index (χ0n) is 18.2. The van der Waals surface area contributed by atoms with Gasteiger partial charge in [-0.2, -0.15) is 4.31 Å². The third kappa shape index (κ3) is 4.32. The second kappa shape index (κ2) is 8.96. The molecular formula is C22H24N4O5S2. The molecule has 0 saturated carbocycles. The van der Waals surface area contributed by atoms with Gasteiger partial charge in [0.05, 0.1) is 22.5 Å². The largest absolute Gasteiger partial charge is 0.469 e. The average Bonchev–Trinajstić information content (AvgIpc) is 3.57. The molecule has 5 rings (SSSR count). The number of carbonyl (C=O) groups excluding carboxylic acids is 1. The molecule has 0 aliphatic carbocycles. The molecule has 0 atom stereocenters. The Labute approximate surface area is 196 Å². The van der Waals surface area contributed by atoms with E-state index in [0.717, 1.165) is 36.1 Å². The van der Waals surface area contributed by atoms with E-state index in [2.05, 4.69) is 10.2 Å². The van der Waals surface area contributed by atoms with E-state index < -0.39 is 10.0 Å². The number of rotatable bonds is 6. The summed E-state index contributed by atoms with van der Waals surface area (Å²) in [5, 5.41) is 8.33. The first-order chi connectivity index (χ1) is 15.9. The lowest BCUT2D eigenvalue weighted by Crippen LogP contribution is -2.35. The molecule has 11 heteroatoms. The maximum Gasteiger partial charge on any atom is 0.277 e. The normalized spacial score (nSPS) is 16.8. The summed E-state index contributed by atoms with van der Waals surface area (Å²) < 4.78 is 38.4. The van der Waals surface area contributed by atoms with E-state index >= 15 is 0 Å². The molecule has 1 aromatic carbocycles. The van der Waals surface area contributed by atoms with E-state index in [1.54, 1.807) is 39.7 Å². The molecule has 2 aliphatic rings. The van der Waals surface area contributed by atoms with Gasteiger partial charge in [0, 0.05) is 25.3 Å². The van der Waals surface area contributed by atoms with Crippen molar-refractivity contribution >= 4 is 33.4 Å². The summed E-state index contributed by atoms with van der Waals surface area (Å²) in [4.78, 5) is 14.9. The summed E-state index contributed by atoms with van der Waals surface area (Å²) in [5.41, 5.74) is 2.37. The van der Waals surface area contributed by atoms with Gasteiger partial charge in [0.25, 0.3) is 11.1 Å². The number of aryl methyl sites for hydroxylation is 1. The Hall–Kier alpha value is -2.63. The van der Waals surface area contributed by atoms with Crippen LogP contribution in [-0.4, -0.2) is 54.2 Å². The zero-order chi connectivity index (χ0) is 23.0. The summed E-state index contributed by atoms with van der Waals surface area (Å²) in [5.74, 6) is 1.08. The highest BCUT2D eigenvalue weighted by molar-refractivity contribution is 7.99. The van der Waals surface area contributed by atoms with E-state index in [0.29, 0.717) is 47.8 Å². The molecule has 4 heterocycles. The molecule has 1 saturated heterocycles. The molecule has 1 amide bonds. The van der Waals surface area contributed by atoms with Crippen LogP contribution in [0.4, 0.5) is 5.69 Å². The van der Waals surface area contributed by atoms with Crippen LogP contribution in [0.2, 0.25) is 0 Å². The highest BCUT2D eigenvalue weighted by atomic mass is 32.2. The lowest BCUT2D eigenvalue weighted by molar-refractivity contribution is -0.116. The minimum Gasteiger partial charge on any atom is -0.469 e. The molecule has 0 unspecified atom stereocenters. The van der Waals surface area contributed by atoms with E-state index in [1.165, 1.54) is 11.8 Å². The summed E-state index contributed by atoms with van der Waals surface area (Å²) in [6, 6.07) is 6.83. The smallest absolute Gasteiger partial charge is 0.277 e. The monoisotopic (exact) mass is 488 g/mol. The lowest BCUT2D eigenvalue weighted by Gasteiger charge is -2.26. The van der Waals surface area contributed by atoms with Gasteiger partial charge in [-0.25, -0.2) is 8.42 Å². The van der Waals surface area contributed by atoms with Crippen LogP contribution < -0.4 is 4.90 Å². The van der Waals surface area contributed by atoms with Crippen molar-refractivity contribution in [3.05, 3.63) is 41.9 Å². The number of sulfonamides is 1. The molecule has 2 aromatic heterocycles. The first-order valence-electron chi connectivity index (χ1n) is 10.9. The van der Waals surface area contributed by atoms with E-state index in [-0.39, 0.29) is 11.7 Å². The number of fused-ring (bicyclic) bond motifs is 1. The Balaban J connectivity index is 1.25. The van der Waals surface area contributed by atoms with Gasteiger partial charge in [0.15, 0.2) is 0 Å². The fraction of sp³-hybridized carbons (Fsp3) is 0.409. The number of furan rings is 1. The average molecular weight is 489 g/mol. The number of benzene rings is 1. The van der Waals surface area contributed by atoms with Crippen LogP contribution in [0, 0.1) is 6.92 Å². The summed E-state index contributed by atoms with van der Waals surface area (Å²) in [6.07, 6.45) is 5.04. The Morgan fingerprint density at radius 3 is 2.70 bits per heavy atom. The summed E-state index contributed by atoms with van der Waals surface area (Å²) in [6.45, 7) is 3.47. The fourth-order valence-corrected chi connectivity index (χ4v) is 6.44. The van der Waals surface area contributed by atoms with Gasteiger partial charge in [-0.3, -0.25) is 4.79 Å². The van der Waals surface area contributed by atoms with Crippen molar-refractivity contribution in [3.8, 4) is 11.5 Å². The van der Waals surface area contributed by atoms with Crippen molar-refractivity contribution in [2.75, 3.05) is 30.3 Å². The van der Waals surface area contributed by atoms with Gasteiger partial charge in [0.2, 0.25) is 15.9 Å². The predicted molar refractivity (Wildman–Crippen MR) is 123 cm³/mol. The number of amides is 1. The topological polar surface area (TPSA) is 110 Å². The van der Waals surface area contributed by atoms with Gasteiger partial charge in [-0.05, 0) is 56.0 Å². The predicted octanol–water partition coefficient (Wildman–Crippen LogP) is 3.49. The van der Waals surface area contributed by atoms with Gasteiger partial charge >= 0.3 is 0 Å². The van der Waals surface area contributed by atoms with Crippen LogP contribution in [0.1, 0.15) is 30.6 Å². The second-order valence-corrected chi connectivity index (χ2v) is 11.0. The minimum atomic E-state index is -3.50. The standard InChI is InChI=1S/C22H24N4O5S2/c1-15-18(8-12-30-15)21-23-24-22(31-21)32-14-20(27)26-11-7-16-13-17(5-6-19(16)26)33(28,29)25-9-3-2-4-10-25/h5-6,8,12-13H,2-4,7,9-11,14H2,1H3. The molecule has 1 fully saturated rings. The summed E-state index contributed by atoms with van der Waals surface area (Å²) in [7, 11) is -3.50. The van der Waals surface area contributed by atoms with Crippen molar-refractivity contribution < 1.29 is 22.0 Å². The van der Waals surface area contributed by atoms with Crippen molar-refractivity contribution in [1.29, 1.82) is 0 Å². The van der Waals surface area contributed by atoms with E-state index in [4.69, 9.17) is 8.83 Å². The highest BCUT2D eigenvalue weighted by Gasteiger charge is 2.30. The number of nitrogens with zero attached hydrogens (tertiary/aromatic N) is 4. The van der Waals surface area contributed by atoms with Gasteiger partial charge in [0.1, 0.15) is 5.76 Å². The van der Waals surface area contributed by atoms with Gasteiger partial charge < -0.3 is 13.7 Å². The third-order valence-corrected chi connectivity index (χ3v) is 8.71. The van der Waals surface area contributed by atoms with E-state index in [9.17, 15) is 13.2 Å². The molecule has 0 N–H and O–H groups in total. The molecule has 2 aliphatic heterocycles. The number of piperidine rings is 1. The first-order valence-corrected chi connectivity index (χ1v) is 13.3. The van der Waals surface area contributed by atoms with Crippen LogP contribution in [-0.2, 0) is 21.2 Å². The van der Waals surface area contributed by atoms with Crippen LogP contribution in [0.5, 0.6) is 0 Å². The quantitative estimate of drug-likeness (QED) is 0.485. The first kappa shape index (κ1) is 22.2. The maximum atomic E-state index is 13.0. The van der Waals surface area contributed by atoms with Crippen molar-refractivity contribution in [1.82, 2.24) is 14.5 Å². The van der Waals surface area contributed by atoms with E-state index in [1.807, 2.05) is 6.92 Å². The molecule has 0 spiro atoms. The highest BCUT2D eigenvalue weighted by Crippen LogP contribution is 2.33. The SMILES string of the molecule is Cc1occc1-c1nnc(SCC(=O)N2CCc3cc(S(=O)(=O)N4CCCCC4)ccc32)o1. The van der Waals surface area contributed by atoms with Crippen molar-refractivity contribution in [2.24, 2.45) is 0 Å². The minimum absolute atomic E-state index is 0.0929. The molecule has 0 bridgehead atoms. The van der Waals surface area contributed by atoms with Crippen molar-refractivity contribution in [2.45, 2.75) is 42.7 Å². The van der Waals surface area contributed by atoms with Crippen molar-refractivity contribution in [3.63, 3.8) is 0 Å². The van der Waals surface area contributed by atoms with Crippen LogP contribution in [0.25, 0.3) is 11.5 Å². The number of hydrogen-bond donors (Lipinski definition) is 0. The second-order valence-electron chi connectivity index (χ2n) is 8.10. The van der Waals surface area contributed by atoms with Gasteiger partial charge in [-0.15, -0.1) is 10.2 Å². The molecule has 0 radical (unpaired) electrons. The zero-order valence-corrected chi connectivity index (χ0v) is 19.8. The molecule has 3 aromatic rings. The van der Waals surface area contributed by atoms with Crippen LogP contribution in [0.15, 0.2) is 49.5 Å². The molecule has 174 valence electrons. The van der Waals surface area contributed by atoms with Crippen LogP contribution >= 0.6 is 11.8 Å². The van der Waals surface area contributed by atoms with Crippen LogP contribution in [0.3, 0.4) is 0 Å². The maximum absolute atomic E-state index is 13.0.